The third-order valence-electron chi connectivity index (χ3n) is 4.18. The minimum Gasteiger partial charge on any atom is -0.513 e. The van der Waals surface area contributed by atoms with E-state index in [4.69, 9.17) is 4.09 Å². The molecule has 0 radical (unpaired) electrons. The number of hydrogen-bond donors (Lipinski definition) is 0. The fourth-order valence-corrected chi connectivity index (χ4v) is 6.03. The van der Waals surface area contributed by atoms with Crippen LogP contribution in [0.25, 0.3) is 0 Å². The zero-order chi connectivity index (χ0) is 17.1. The Morgan fingerprint density at radius 3 is 1.39 bits per heavy atom. The second kappa shape index (κ2) is 7.27. The Morgan fingerprint density at radius 2 is 1.09 bits per heavy atom. The third-order valence-corrected chi connectivity index (χ3v) is 7.06. The first-order valence-electron chi connectivity index (χ1n) is 8.36. The quantitative estimate of drug-likeness (QED) is 0.454. The van der Waals surface area contributed by atoms with E-state index in [1.54, 1.807) is 0 Å². The van der Waals surface area contributed by atoms with E-state index in [1.807, 2.05) is 6.61 Å². The largest absolute Gasteiger partial charge is 0.569 e. The lowest BCUT2D eigenvalue weighted by molar-refractivity contribution is 0.190. The Kier molecular flexibility index (Phi) is 5.58. The highest BCUT2D eigenvalue weighted by Gasteiger charge is 2.30. The van der Waals surface area contributed by atoms with Crippen LogP contribution in [-0.4, -0.2) is 8.68 Å². The zero-order valence-corrected chi connectivity index (χ0v) is 16.5. The van der Waals surface area contributed by atoms with Gasteiger partial charge in [-0.25, -0.2) is 0 Å². The van der Waals surface area contributed by atoms with Crippen LogP contribution in [0.3, 0.4) is 0 Å². The Labute approximate surface area is 142 Å². The summed E-state index contributed by atoms with van der Waals surface area (Å²) in [6.45, 7) is 17.3. The molecule has 0 unspecified atom stereocenters. The predicted octanol–water partition coefficient (Wildman–Crippen LogP) is 4.18. The second-order valence-electron chi connectivity index (χ2n) is 6.57. The van der Waals surface area contributed by atoms with Crippen LogP contribution >= 0.6 is 0 Å². The molecule has 0 atom stereocenters. The lowest BCUT2D eigenvalue weighted by Gasteiger charge is -2.12. The van der Waals surface area contributed by atoms with Gasteiger partial charge in [-0.3, -0.25) is 0 Å². The highest BCUT2D eigenvalue weighted by Crippen LogP contribution is 2.10. The molecule has 2 heteroatoms. The molecule has 0 heterocycles. The van der Waals surface area contributed by atoms with Crippen molar-refractivity contribution in [1.29, 1.82) is 0 Å². The molecule has 0 bridgehead atoms. The summed E-state index contributed by atoms with van der Waals surface area (Å²) in [4.78, 5) is 0. The topological polar surface area (TPSA) is 11.3 Å². The van der Waals surface area contributed by atoms with Crippen molar-refractivity contribution in [2.75, 3.05) is 0 Å². The van der Waals surface area contributed by atoms with Crippen LogP contribution < -0.4 is 10.4 Å². The standard InChI is InChI=1S/C21H28OSi/c1-8-9-22-23(20-16(4)10-14(2)11-17(20)5)21-18(6)12-15(3)13-19(21)7/h9-13H,8H2,1-7H3. The Hall–Kier alpha value is -1.67. The summed E-state index contributed by atoms with van der Waals surface area (Å²) in [7, 11) is -1.27. The minimum absolute atomic E-state index is 0.933. The summed E-state index contributed by atoms with van der Waals surface area (Å²) in [5.74, 6) is 0. The highest BCUT2D eigenvalue weighted by atomic mass is 28.3. The van der Waals surface area contributed by atoms with E-state index in [9.17, 15) is 0 Å². The number of hydrogen-bond acceptors (Lipinski definition) is 0. The van der Waals surface area contributed by atoms with Crippen LogP contribution in [0.5, 0.6) is 0 Å². The molecule has 0 amide bonds. The maximum atomic E-state index is 6.34. The number of rotatable bonds is 4. The molecule has 2 aromatic carbocycles. The molecule has 0 spiro atoms. The van der Waals surface area contributed by atoms with Gasteiger partial charge in [0, 0.05) is 0 Å². The first-order valence-corrected chi connectivity index (χ1v) is 9.77. The lowest BCUT2D eigenvalue weighted by Crippen LogP contribution is -2.42. The van der Waals surface area contributed by atoms with E-state index in [-0.39, 0.29) is 0 Å². The first kappa shape index (κ1) is 17.7. The Morgan fingerprint density at radius 1 is 0.739 bits per heavy atom. The summed E-state index contributed by atoms with van der Waals surface area (Å²) in [6.07, 6.45) is 0.933. The minimum atomic E-state index is -1.27. The van der Waals surface area contributed by atoms with E-state index >= 15 is 0 Å². The van der Waals surface area contributed by atoms with Crippen LogP contribution in [0.15, 0.2) is 24.3 Å². The molecule has 0 saturated carbocycles. The van der Waals surface area contributed by atoms with Crippen LogP contribution in [0.2, 0.25) is 0 Å². The zero-order valence-electron chi connectivity index (χ0n) is 15.5. The normalized spacial score (nSPS) is 10.6. The molecular formula is C21H28OSi. The molecular weight excluding hydrogens is 296 g/mol. The van der Waals surface area contributed by atoms with Gasteiger partial charge >= 0.3 is 8.68 Å². The monoisotopic (exact) mass is 324 g/mol. The summed E-state index contributed by atoms with van der Waals surface area (Å²) < 4.78 is 6.34. The molecule has 0 aliphatic heterocycles. The van der Waals surface area contributed by atoms with E-state index < -0.39 is 8.68 Å². The first-order chi connectivity index (χ1) is 10.8. The molecule has 0 saturated heterocycles. The second-order valence-corrected chi connectivity index (χ2v) is 8.46. The Bertz CT molecular complexity index is 651. The van der Waals surface area contributed by atoms with Gasteiger partial charge in [-0.2, -0.15) is 0 Å². The molecule has 0 aromatic heterocycles. The van der Waals surface area contributed by atoms with Crippen molar-refractivity contribution in [2.45, 2.75) is 54.9 Å². The van der Waals surface area contributed by atoms with Crippen molar-refractivity contribution in [3.63, 3.8) is 0 Å². The molecule has 0 N–H and O–H groups in total. The molecule has 0 fully saturated rings. The predicted molar refractivity (Wildman–Crippen MR) is 102 cm³/mol. The van der Waals surface area contributed by atoms with Gasteiger partial charge in [0.25, 0.3) is 0 Å². The van der Waals surface area contributed by atoms with Crippen LogP contribution in [0, 0.1) is 48.1 Å². The van der Waals surface area contributed by atoms with Gasteiger partial charge in [0.15, 0.2) is 0 Å². The van der Waals surface area contributed by atoms with E-state index in [0.29, 0.717) is 0 Å². The average Bonchev–Trinajstić information content (AvgIpc) is 2.41. The molecule has 2 aromatic rings. The number of benzene rings is 2. The van der Waals surface area contributed by atoms with Gasteiger partial charge in [-0.1, -0.05) is 48.7 Å². The van der Waals surface area contributed by atoms with Gasteiger partial charge in [-0.05, 0) is 70.4 Å². The van der Waals surface area contributed by atoms with Crippen molar-refractivity contribution < 1.29 is 4.09 Å². The van der Waals surface area contributed by atoms with Gasteiger partial charge < -0.3 is 4.09 Å². The molecule has 0 aliphatic carbocycles. The maximum Gasteiger partial charge on any atom is 0.569 e. The summed E-state index contributed by atoms with van der Waals surface area (Å²) in [5, 5.41) is 2.81. The van der Waals surface area contributed by atoms with Gasteiger partial charge in [-0.15, -0.1) is 0 Å². The summed E-state index contributed by atoms with van der Waals surface area (Å²) in [5.41, 5.74) is 8.03. The van der Waals surface area contributed by atoms with Crippen molar-refractivity contribution >= 4 is 19.1 Å². The van der Waals surface area contributed by atoms with Gasteiger partial charge in [0.1, 0.15) is 0 Å². The third kappa shape index (κ3) is 3.81. The van der Waals surface area contributed by atoms with Crippen molar-refractivity contribution in [1.82, 2.24) is 0 Å². The summed E-state index contributed by atoms with van der Waals surface area (Å²) >= 11 is 0. The number of aryl methyl sites for hydroxylation is 6. The van der Waals surface area contributed by atoms with Gasteiger partial charge in [0.2, 0.25) is 0 Å². The molecule has 23 heavy (non-hydrogen) atoms. The SMILES string of the molecule is CC[CH-][O+]=[Si](c1c(C)cc(C)cc1C)c1c(C)cc(C)cc1C. The van der Waals surface area contributed by atoms with Crippen molar-refractivity contribution in [3.05, 3.63) is 64.3 Å². The molecule has 2 rings (SSSR count). The fraction of sp³-hybridized carbons (Fsp3) is 0.381. The van der Waals surface area contributed by atoms with Crippen molar-refractivity contribution in [2.24, 2.45) is 0 Å². The molecule has 1 nitrogen and oxygen atoms in total. The summed E-state index contributed by atoms with van der Waals surface area (Å²) in [6, 6.07) is 9.12. The van der Waals surface area contributed by atoms with Crippen molar-refractivity contribution in [3.8, 4) is 0 Å². The average molecular weight is 325 g/mol. The molecule has 0 aliphatic rings. The smallest absolute Gasteiger partial charge is 0.513 e. The Balaban J connectivity index is 2.75. The van der Waals surface area contributed by atoms with Crippen LogP contribution in [0.4, 0.5) is 0 Å². The fourth-order valence-electron chi connectivity index (χ4n) is 3.49. The lowest BCUT2D eigenvalue weighted by atomic mass is 10.1. The maximum absolute atomic E-state index is 6.34. The van der Waals surface area contributed by atoms with E-state index in [2.05, 4.69) is 72.7 Å². The van der Waals surface area contributed by atoms with Gasteiger partial charge in [0.05, 0.1) is 10.4 Å². The molecule has 122 valence electrons. The van der Waals surface area contributed by atoms with Crippen LogP contribution in [0.1, 0.15) is 46.7 Å². The van der Waals surface area contributed by atoms with E-state index in [0.717, 1.165) is 6.42 Å². The van der Waals surface area contributed by atoms with Crippen LogP contribution in [-0.2, 0) is 4.09 Å². The highest BCUT2D eigenvalue weighted by molar-refractivity contribution is 6.74. The van der Waals surface area contributed by atoms with E-state index in [1.165, 1.54) is 43.8 Å².